The van der Waals surface area contributed by atoms with Gasteiger partial charge in [0.05, 0.1) is 6.61 Å². The van der Waals surface area contributed by atoms with Crippen LogP contribution in [0.25, 0.3) is 0 Å². The van der Waals surface area contributed by atoms with Crippen LogP contribution in [0.1, 0.15) is 13.2 Å². The number of nitrogens with two attached hydrogens (primary N) is 1. The Bertz CT molecular complexity index is 884. The molecular formula is C11H17N3O12P2. The van der Waals surface area contributed by atoms with Gasteiger partial charge in [-0.05, 0) is 6.07 Å². The van der Waals surface area contributed by atoms with Gasteiger partial charge in [-0.1, -0.05) is 0 Å². The minimum atomic E-state index is -5.34. The molecule has 1 aromatic rings. The van der Waals surface area contributed by atoms with Gasteiger partial charge in [0, 0.05) is 13.1 Å². The van der Waals surface area contributed by atoms with Crippen molar-refractivity contribution in [3.05, 3.63) is 22.7 Å². The van der Waals surface area contributed by atoms with Crippen molar-refractivity contribution in [2.75, 3.05) is 12.3 Å². The highest BCUT2D eigenvalue weighted by molar-refractivity contribution is 7.60. The zero-order chi connectivity index (χ0) is 21.3. The maximum Gasteiger partial charge on any atom is 0.481 e. The lowest BCUT2D eigenvalue weighted by atomic mass is 10.1. The first-order valence-electron chi connectivity index (χ1n) is 7.39. The van der Waals surface area contributed by atoms with E-state index >= 15 is 0 Å². The molecule has 2 heterocycles. The van der Waals surface area contributed by atoms with Crippen LogP contribution in [0.3, 0.4) is 0 Å². The van der Waals surface area contributed by atoms with Crippen LogP contribution in [0.5, 0.6) is 0 Å². The van der Waals surface area contributed by atoms with Crippen molar-refractivity contribution >= 4 is 27.4 Å². The van der Waals surface area contributed by atoms with Gasteiger partial charge in [0.15, 0.2) is 12.3 Å². The fourth-order valence-corrected chi connectivity index (χ4v) is 3.94. The van der Waals surface area contributed by atoms with Crippen molar-refractivity contribution in [1.29, 1.82) is 0 Å². The van der Waals surface area contributed by atoms with Crippen LogP contribution >= 0.6 is 15.6 Å². The number of aliphatic hydroxyl groups is 1. The first-order chi connectivity index (χ1) is 12.8. The average Bonchev–Trinajstić information content (AvgIpc) is 2.79. The number of carbonyl (C=O) groups excluding carboxylic acids is 1. The number of hydrogen-bond acceptors (Lipinski definition) is 11. The smallest absolute Gasteiger partial charge is 0.455 e. The third-order valence-corrected chi connectivity index (χ3v) is 5.50. The van der Waals surface area contributed by atoms with Gasteiger partial charge >= 0.3 is 27.3 Å². The number of phosphoric acid groups is 2. The molecule has 0 spiro atoms. The van der Waals surface area contributed by atoms with E-state index in [-0.39, 0.29) is 5.82 Å². The minimum absolute atomic E-state index is 0.0977. The van der Waals surface area contributed by atoms with E-state index in [9.17, 15) is 28.7 Å². The Balaban J connectivity index is 2.21. The fraction of sp³-hybridized carbons (Fsp3) is 0.545. The molecule has 158 valence electrons. The molecule has 0 radical (unpaired) electrons. The van der Waals surface area contributed by atoms with Gasteiger partial charge in [-0.3, -0.25) is 13.9 Å². The molecule has 0 saturated carbocycles. The lowest BCUT2D eigenvalue weighted by Gasteiger charge is -2.21. The Kier molecular flexibility index (Phi) is 6.76. The summed E-state index contributed by atoms with van der Waals surface area (Å²) in [6.45, 7) is 0.133. The number of aromatic nitrogens is 2. The summed E-state index contributed by atoms with van der Waals surface area (Å²) in [5, 5.41) is 10.3. The Hall–Kier alpha value is -1.67. The SMILES string of the molecule is CC(=O)O[C@H]1C(O)[C@@H](COP(=O)(O)OP(=O)(O)O)O[C@H]1n1ccc(N)nc1=O. The van der Waals surface area contributed by atoms with Crippen molar-refractivity contribution in [3.8, 4) is 0 Å². The predicted octanol–water partition coefficient (Wildman–Crippen LogP) is -1.76. The van der Waals surface area contributed by atoms with Gasteiger partial charge < -0.3 is 35.0 Å². The topological polar surface area (TPSA) is 230 Å². The summed E-state index contributed by atoms with van der Waals surface area (Å²) in [5.41, 5.74) is 4.49. The summed E-state index contributed by atoms with van der Waals surface area (Å²) in [6.07, 6.45) is -4.76. The van der Waals surface area contributed by atoms with Gasteiger partial charge in [0.25, 0.3) is 0 Å². The van der Waals surface area contributed by atoms with Gasteiger partial charge in [0.2, 0.25) is 0 Å². The summed E-state index contributed by atoms with van der Waals surface area (Å²) >= 11 is 0. The number of rotatable bonds is 7. The van der Waals surface area contributed by atoms with Crippen molar-refractivity contribution in [1.82, 2.24) is 9.55 Å². The number of phosphoric ester groups is 1. The first-order valence-corrected chi connectivity index (χ1v) is 10.4. The van der Waals surface area contributed by atoms with Crippen LogP contribution in [-0.2, 0) is 32.2 Å². The molecule has 1 fully saturated rings. The molecule has 6 N–H and O–H groups in total. The van der Waals surface area contributed by atoms with E-state index in [1.807, 2.05) is 0 Å². The number of hydrogen-bond donors (Lipinski definition) is 5. The molecule has 15 nitrogen and oxygen atoms in total. The number of anilines is 1. The molecule has 17 heteroatoms. The highest BCUT2D eigenvalue weighted by atomic mass is 31.3. The number of ether oxygens (including phenoxy) is 2. The molecule has 1 aromatic heterocycles. The number of nitrogens with zero attached hydrogens (tertiary/aromatic N) is 2. The highest BCUT2D eigenvalue weighted by Crippen LogP contribution is 2.57. The second-order valence-electron chi connectivity index (χ2n) is 5.51. The molecule has 28 heavy (non-hydrogen) atoms. The monoisotopic (exact) mass is 445 g/mol. The van der Waals surface area contributed by atoms with Gasteiger partial charge in [-0.15, -0.1) is 0 Å². The van der Waals surface area contributed by atoms with Gasteiger partial charge in [-0.2, -0.15) is 9.29 Å². The Labute approximate surface area is 156 Å². The molecule has 0 bridgehead atoms. The van der Waals surface area contributed by atoms with Gasteiger partial charge in [0.1, 0.15) is 18.0 Å². The molecule has 1 aliphatic heterocycles. The van der Waals surface area contributed by atoms with Crippen molar-refractivity contribution in [3.63, 3.8) is 0 Å². The lowest BCUT2D eigenvalue weighted by Crippen LogP contribution is -2.39. The molecular weight excluding hydrogens is 428 g/mol. The number of aliphatic hydroxyl groups excluding tert-OH is 1. The number of nitrogen functional groups attached to an aromatic ring is 1. The summed E-state index contributed by atoms with van der Waals surface area (Å²) in [4.78, 5) is 53.2. The van der Waals surface area contributed by atoms with Crippen molar-refractivity contribution < 1.29 is 52.0 Å². The van der Waals surface area contributed by atoms with Crippen molar-refractivity contribution in [2.45, 2.75) is 31.5 Å². The summed E-state index contributed by atoms with van der Waals surface area (Å²) < 4.78 is 41.3. The Morgan fingerprint density at radius 2 is 2.04 bits per heavy atom. The van der Waals surface area contributed by atoms with E-state index < -0.39 is 58.5 Å². The first kappa shape index (κ1) is 22.6. The van der Waals surface area contributed by atoms with Crippen LogP contribution in [-0.4, -0.2) is 60.2 Å². The maximum absolute atomic E-state index is 12.0. The number of esters is 1. The normalized spacial score (nSPS) is 27.3. The van der Waals surface area contributed by atoms with E-state index in [2.05, 4.69) is 13.8 Å². The number of carbonyl (C=O) groups is 1. The molecule has 1 saturated heterocycles. The summed E-state index contributed by atoms with van der Waals surface area (Å²) in [7, 11) is -10.5. The van der Waals surface area contributed by atoms with Gasteiger partial charge in [-0.25, -0.2) is 13.9 Å². The third-order valence-electron chi connectivity index (χ3n) is 3.35. The van der Waals surface area contributed by atoms with Crippen LogP contribution in [0, 0.1) is 0 Å². The summed E-state index contributed by atoms with van der Waals surface area (Å²) in [5.74, 6) is -0.923. The second kappa shape index (κ2) is 8.37. The van der Waals surface area contributed by atoms with Crippen molar-refractivity contribution in [2.24, 2.45) is 0 Å². The van der Waals surface area contributed by atoms with Crippen LogP contribution in [0.15, 0.2) is 17.1 Å². The zero-order valence-corrected chi connectivity index (χ0v) is 15.9. The van der Waals surface area contributed by atoms with Crippen LogP contribution in [0.2, 0.25) is 0 Å². The Morgan fingerprint density at radius 1 is 1.39 bits per heavy atom. The van der Waals surface area contributed by atoms with Crippen LogP contribution in [0.4, 0.5) is 5.82 Å². The third kappa shape index (κ3) is 5.91. The minimum Gasteiger partial charge on any atom is -0.455 e. The summed E-state index contributed by atoms with van der Waals surface area (Å²) in [6, 6.07) is 1.24. The second-order valence-corrected chi connectivity index (χ2v) is 8.34. The molecule has 5 atom stereocenters. The maximum atomic E-state index is 12.0. The lowest BCUT2D eigenvalue weighted by molar-refractivity contribution is -0.156. The van der Waals surface area contributed by atoms with E-state index in [1.54, 1.807) is 0 Å². The van der Waals surface area contributed by atoms with E-state index in [1.165, 1.54) is 6.07 Å². The zero-order valence-electron chi connectivity index (χ0n) is 14.1. The molecule has 2 rings (SSSR count). The highest BCUT2D eigenvalue weighted by Gasteiger charge is 2.48. The standard InChI is InChI=1S/C11H17N3O12P2/c1-5(15)24-9-8(16)6(4-23-28(21,22)26-27(18,19)20)25-10(9)14-3-2-7(12)13-11(14)17/h2-3,6,8-10,16H,4H2,1H3,(H,21,22)(H2,12,13,17)(H2,18,19,20)/t6-,8?,9+,10-/m1/s1. The average molecular weight is 445 g/mol. The van der Waals surface area contributed by atoms with E-state index in [0.29, 0.717) is 0 Å². The molecule has 0 amide bonds. The van der Waals surface area contributed by atoms with E-state index in [4.69, 9.17) is 25.0 Å². The fourth-order valence-electron chi connectivity index (χ4n) is 2.34. The predicted molar refractivity (Wildman–Crippen MR) is 87.3 cm³/mol. The molecule has 0 aromatic carbocycles. The van der Waals surface area contributed by atoms with Crippen LogP contribution < -0.4 is 11.4 Å². The molecule has 2 unspecified atom stereocenters. The quantitative estimate of drug-likeness (QED) is 0.231. The van der Waals surface area contributed by atoms with E-state index in [0.717, 1.165) is 17.7 Å². The molecule has 1 aliphatic rings. The Morgan fingerprint density at radius 3 is 2.57 bits per heavy atom. The largest absolute Gasteiger partial charge is 0.481 e. The molecule has 0 aliphatic carbocycles.